The van der Waals surface area contributed by atoms with Gasteiger partial charge in [0.15, 0.2) is 0 Å². The summed E-state index contributed by atoms with van der Waals surface area (Å²) < 4.78 is 0. The molecule has 2 atom stereocenters. The average molecular weight is 279 g/mol. The molecule has 1 aromatic rings. The minimum atomic E-state index is -0.810. The molecule has 0 aromatic heterocycles. The minimum Gasteiger partial charge on any atom is -0.396 e. The molecule has 0 spiro atoms. The van der Waals surface area contributed by atoms with Crippen LogP contribution in [-0.4, -0.2) is 30.2 Å². The number of nitrogens with two attached hydrogens (primary N) is 1. The van der Waals surface area contributed by atoms with Crippen molar-refractivity contribution in [3.05, 3.63) is 35.9 Å². The zero-order chi connectivity index (χ0) is 15.0. The first kappa shape index (κ1) is 16.0. The first-order chi connectivity index (χ1) is 9.54. The summed E-state index contributed by atoms with van der Waals surface area (Å²) in [4.78, 5) is 23.2. The fourth-order valence-electron chi connectivity index (χ4n) is 1.79. The predicted octanol–water partition coefficient (Wildman–Crippen LogP) is 0.531. The number of benzene rings is 1. The first-order valence-corrected chi connectivity index (χ1v) is 6.54. The van der Waals surface area contributed by atoms with Crippen molar-refractivity contribution in [2.45, 2.75) is 19.4 Å². The summed E-state index contributed by atoms with van der Waals surface area (Å²) in [5, 5.41) is 14.0. The quantitative estimate of drug-likeness (QED) is 0.585. The maximum atomic E-state index is 12.1. The molecule has 0 bridgehead atoms. The minimum absolute atomic E-state index is 0.0820. The number of rotatable bonds is 7. The normalized spacial score (nSPS) is 13.3. The molecule has 0 saturated heterocycles. The molecule has 20 heavy (non-hydrogen) atoms. The highest BCUT2D eigenvalue weighted by molar-refractivity contribution is 5.87. The Morgan fingerprint density at radius 3 is 2.50 bits per heavy atom. The van der Waals surface area contributed by atoms with Crippen molar-refractivity contribution in [3.8, 4) is 0 Å². The van der Waals surface area contributed by atoms with Crippen molar-refractivity contribution >= 4 is 11.9 Å². The Kier molecular flexibility index (Phi) is 6.52. The van der Waals surface area contributed by atoms with Crippen LogP contribution in [0.1, 0.15) is 24.9 Å². The Morgan fingerprint density at radius 1 is 1.30 bits per heavy atom. The largest absolute Gasteiger partial charge is 0.396 e. The summed E-state index contributed by atoms with van der Waals surface area (Å²) in [7, 11) is 0. The summed E-state index contributed by atoms with van der Waals surface area (Å²) in [5.41, 5.74) is 5.77. The molecule has 1 rings (SSSR count). The molecular weight excluding hydrogens is 258 g/mol. The fourth-order valence-corrected chi connectivity index (χ4v) is 1.79. The smallest absolute Gasteiger partial charge is 0.313 e. The lowest BCUT2D eigenvalue weighted by atomic mass is 10.1. The fraction of sp³-hybridized carbons (Fsp3) is 0.429. The van der Waals surface area contributed by atoms with E-state index in [0.717, 1.165) is 0 Å². The lowest BCUT2D eigenvalue weighted by molar-refractivity contribution is -0.123. The third-order valence-electron chi connectivity index (χ3n) is 2.93. The van der Waals surface area contributed by atoms with Gasteiger partial charge >= 0.3 is 6.03 Å². The number of hydrogen-bond acceptors (Lipinski definition) is 3. The van der Waals surface area contributed by atoms with E-state index >= 15 is 0 Å². The van der Waals surface area contributed by atoms with Crippen LogP contribution in [0.4, 0.5) is 4.79 Å². The lowest BCUT2D eigenvalue weighted by Crippen LogP contribution is -2.43. The molecule has 0 aliphatic carbocycles. The van der Waals surface area contributed by atoms with E-state index in [1.807, 2.05) is 13.0 Å². The van der Waals surface area contributed by atoms with Gasteiger partial charge in [0.25, 0.3) is 0 Å². The Balaban J connectivity index is 2.68. The molecule has 2 unspecified atom stereocenters. The second kappa shape index (κ2) is 8.16. The van der Waals surface area contributed by atoms with Crippen LogP contribution in [0.25, 0.3) is 0 Å². The van der Waals surface area contributed by atoms with Crippen LogP contribution >= 0.6 is 0 Å². The second-order valence-electron chi connectivity index (χ2n) is 4.71. The molecule has 0 aliphatic heterocycles. The number of hydrogen-bond donors (Lipinski definition) is 4. The predicted molar refractivity (Wildman–Crippen MR) is 75.8 cm³/mol. The Morgan fingerprint density at radius 2 is 1.95 bits per heavy atom. The van der Waals surface area contributed by atoms with Crippen molar-refractivity contribution in [1.29, 1.82) is 0 Å². The van der Waals surface area contributed by atoms with Crippen LogP contribution in [0.2, 0.25) is 0 Å². The van der Waals surface area contributed by atoms with Gasteiger partial charge in [-0.15, -0.1) is 0 Å². The SMILES string of the molecule is CC(CCO)CNC(=O)C(NC(N)=O)c1ccccc1. The number of primary amides is 1. The number of carbonyl (C=O) groups excluding carboxylic acids is 2. The van der Waals surface area contributed by atoms with E-state index in [1.165, 1.54) is 0 Å². The summed E-state index contributed by atoms with van der Waals surface area (Å²) in [6.07, 6.45) is 0.611. The van der Waals surface area contributed by atoms with Gasteiger partial charge in [0, 0.05) is 13.2 Å². The molecule has 1 aromatic carbocycles. The molecule has 0 aliphatic rings. The van der Waals surface area contributed by atoms with Crippen LogP contribution in [0.15, 0.2) is 30.3 Å². The van der Waals surface area contributed by atoms with Crippen LogP contribution in [0.3, 0.4) is 0 Å². The summed E-state index contributed by atoms with van der Waals surface area (Å²) in [5.74, 6) is -0.159. The molecule has 0 fully saturated rings. The number of urea groups is 1. The zero-order valence-corrected chi connectivity index (χ0v) is 11.5. The van der Waals surface area contributed by atoms with Crippen LogP contribution in [-0.2, 0) is 4.79 Å². The average Bonchev–Trinajstić information content (AvgIpc) is 2.43. The number of nitrogens with one attached hydrogen (secondary N) is 2. The molecular formula is C14H21N3O3. The van der Waals surface area contributed by atoms with Crippen LogP contribution < -0.4 is 16.4 Å². The van der Waals surface area contributed by atoms with Crippen molar-refractivity contribution < 1.29 is 14.7 Å². The lowest BCUT2D eigenvalue weighted by Gasteiger charge is -2.19. The summed E-state index contributed by atoms with van der Waals surface area (Å²) in [6, 6.07) is 7.33. The molecule has 6 heteroatoms. The van der Waals surface area contributed by atoms with Gasteiger partial charge < -0.3 is 21.5 Å². The van der Waals surface area contributed by atoms with E-state index in [0.29, 0.717) is 18.5 Å². The van der Waals surface area contributed by atoms with Gasteiger partial charge in [-0.3, -0.25) is 4.79 Å². The molecule has 6 nitrogen and oxygen atoms in total. The van der Waals surface area contributed by atoms with Gasteiger partial charge in [-0.25, -0.2) is 4.79 Å². The topological polar surface area (TPSA) is 104 Å². The Bertz CT molecular complexity index is 437. The molecule has 5 N–H and O–H groups in total. The molecule has 0 heterocycles. The standard InChI is InChI=1S/C14H21N3O3/c1-10(7-8-18)9-16-13(19)12(17-14(15)20)11-5-3-2-4-6-11/h2-6,10,12,18H,7-9H2,1H3,(H,16,19)(H3,15,17,20). The summed E-state index contributed by atoms with van der Waals surface area (Å²) in [6.45, 7) is 2.44. The van der Waals surface area contributed by atoms with Crippen LogP contribution in [0.5, 0.6) is 0 Å². The Hall–Kier alpha value is -2.08. The van der Waals surface area contributed by atoms with E-state index in [1.54, 1.807) is 24.3 Å². The van der Waals surface area contributed by atoms with Crippen molar-refractivity contribution in [2.24, 2.45) is 11.7 Å². The second-order valence-corrected chi connectivity index (χ2v) is 4.71. The zero-order valence-electron chi connectivity index (χ0n) is 11.5. The molecule has 0 saturated carbocycles. The third kappa shape index (κ3) is 5.27. The third-order valence-corrected chi connectivity index (χ3v) is 2.93. The number of aliphatic hydroxyl groups is 1. The van der Waals surface area contributed by atoms with Gasteiger partial charge in [-0.2, -0.15) is 0 Å². The highest BCUT2D eigenvalue weighted by Gasteiger charge is 2.21. The molecule has 110 valence electrons. The van der Waals surface area contributed by atoms with Gasteiger partial charge in [0.1, 0.15) is 6.04 Å². The molecule has 0 radical (unpaired) electrons. The molecule has 3 amide bonds. The van der Waals surface area contributed by atoms with E-state index < -0.39 is 12.1 Å². The van der Waals surface area contributed by atoms with Gasteiger partial charge in [0.2, 0.25) is 5.91 Å². The van der Waals surface area contributed by atoms with E-state index in [2.05, 4.69) is 10.6 Å². The monoisotopic (exact) mass is 279 g/mol. The van der Waals surface area contributed by atoms with Crippen molar-refractivity contribution in [1.82, 2.24) is 10.6 Å². The van der Waals surface area contributed by atoms with Crippen molar-refractivity contribution in [2.75, 3.05) is 13.2 Å². The van der Waals surface area contributed by atoms with Gasteiger partial charge in [-0.05, 0) is 17.9 Å². The van der Waals surface area contributed by atoms with Crippen molar-refractivity contribution in [3.63, 3.8) is 0 Å². The van der Waals surface area contributed by atoms with E-state index in [9.17, 15) is 9.59 Å². The first-order valence-electron chi connectivity index (χ1n) is 6.54. The maximum Gasteiger partial charge on any atom is 0.313 e. The number of amides is 3. The number of carbonyl (C=O) groups is 2. The highest BCUT2D eigenvalue weighted by atomic mass is 16.3. The van der Waals surface area contributed by atoms with Gasteiger partial charge in [-0.1, -0.05) is 37.3 Å². The van der Waals surface area contributed by atoms with E-state index in [4.69, 9.17) is 10.8 Å². The van der Waals surface area contributed by atoms with Crippen LogP contribution in [0, 0.1) is 5.92 Å². The van der Waals surface area contributed by atoms with E-state index in [-0.39, 0.29) is 18.4 Å². The maximum absolute atomic E-state index is 12.1. The Labute approximate surface area is 118 Å². The number of aliphatic hydroxyl groups excluding tert-OH is 1. The highest BCUT2D eigenvalue weighted by Crippen LogP contribution is 2.12. The summed E-state index contributed by atoms with van der Waals surface area (Å²) >= 11 is 0. The van der Waals surface area contributed by atoms with Gasteiger partial charge in [0.05, 0.1) is 0 Å².